The molecular weight excluding hydrogens is 501 g/mol. The largest absolute Gasteiger partial charge is 0.573 e. The van der Waals surface area contributed by atoms with Crippen molar-refractivity contribution in [1.82, 2.24) is 14.8 Å². The van der Waals surface area contributed by atoms with Crippen LogP contribution in [0, 0.1) is 6.92 Å². The van der Waals surface area contributed by atoms with Crippen molar-refractivity contribution in [2.45, 2.75) is 13.3 Å². The summed E-state index contributed by atoms with van der Waals surface area (Å²) in [5, 5.41) is 14.0. The van der Waals surface area contributed by atoms with Gasteiger partial charge in [0.05, 0.1) is 11.9 Å². The summed E-state index contributed by atoms with van der Waals surface area (Å²) in [5.74, 6) is 1.15. The third-order valence-electron chi connectivity index (χ3n) is 5.53. The highest BCUT2D eigenvalue weighted by Gasteiger charge is 2.31. The van der Waals surface area contributed by atoms with Crippen LogP contribution in [0.25, 0.3) is 17.1 Å². The monoisotopic (exact) mass is 522 g/mol. The number of hydrogen-bond acceptors (Lipinski definition) is 6. The second kappa shape index (κ2) is 10.5. The fourth-order valence-corrected chi connectivity index (χ4v) is 4.66. The number of para-hydroxylation sites is 1. The number of ether oxygens (including phenoxy) is 1. The Labute approximate surface area is 215 Å². The zero-order valence-electron chi connectivity index (χ0n) is 19.6. The number of hydrogen-bond donors (Lipinski definition) is 0. The molecule has 1 saturated heterocycles. The van der Waals surface area contributed by atoms with Crippen LogP contribution in [0.4, 0.5) is 18.9 Å². The van der Waals surface area contributed by atoms with Gasteiger partial charge in [0.15, 0.2) is 11.0 Å². The van der Waals surface area contributed by atoms with Crippen LogP contribution >= 0.6 is 11.8 Å². The molecule has 0 bridgehead atoms. The first-order valence-corrected chi connectivity index (χ1v) is 12.3. The fraction of sp³-hybridized carbons (Fsp3) is 0.154. The lowest BCUT2D eigenvalue weighted by Crippen LogP contribution is -2.24. The van der Waals surface area contributed by atoms with Crippen molar-refractivity contribution in [3.05, 3.63) is 90.3 Å². The molecule has 1 fully saturated rings. The third kappa shape index (κ3) is 6.00. The van der Waals surface area contributed by atoms with Crippen molar-refractivity contribution >= 4 is 28.8 Å². The van der Waals surface area contributed by atoms with Gasteiger partial charge in [-0.15, -0.1) is 23.4 Å². The van der Waals surface area contributed by atoms with Gasteiger partial charge in [-0.05, 0) is 48.4 Å². The molecule has 0 spiro atoms. The number of aromatic nitrogens is 3. The zero-order chi connectivity index (χ0) is 25.8. The molecule has 1 aromatic heterocycles. The van der Waals surface area contributed by atoms with E-state index in [0.717, 1.165) is 34.3 Å². The molecule has 4 aromatic rings. The number of aryl methyl sites for hydroxylation is 1. The lowest BCUT2D eigenvalue weighted by molar-refractivity contribution is -0.274. The number of halogens is 3. The van der Waals surface area contributed by atoms with Crippen LogP contribution in [0.15, 0.2) is 89.3 Å². The minimum atomic E-state index is -4.73. The highest BCUT2D eigenvalue weighted by atomic mass is 32.2. The number of rotatable bonds is 6. The average molecular weight is 523 g/mol. The Morgan fingerprint density at radius 1 is 1.00 bits per heavy atom. The van der Waals surface area contributed by atoms with Gasteiger partial charge in [0, 0.05) is 23.5 Å². The molecule has 0 saturated carbocycles. The molecule has 7 nitrogen and oxygen atoms in total. The molecule has 5 rings (SSSR count). The minimum Gasteiger partial charge on any atom is -0.406 e. The summed E-state index contributed by atoms with van der Waals surface area (Å²) in [6.45, 7) is 2.98. The molecule has 2 heterocycles. The summed E-state index contributed by atoms with van der Waals surface area (Å²) < 4.78 is 42.4. The van der Waals surface area contributed by atoms with Crippen molar-refractivity contribution in [1.29, 1.82) is 0 Å². The van der Waals surface area contributed by atoms with E-state index in [9.17, 15) is 13.2 Å². The molecule has 1 aliphatic heterocycles. The van der Waals surface area contributed by atoms with Gasteiger partial charge in [-0.25, -0.2) is 9.67 Å². The van der Waals surface area contributed by atoms with Crippen molar-refractivity contribution in [2.24, 2.45) is 10.2 Å². The SMILES string of the molecule is Cc1ccccc1N1CCSC1=NN=Cc1ccc(-c2ncn(-c3ccc(OC(F)(F)F)cc3)n2)cc1. The molecule has 1 aliphatic rings. The van der Waals surface area contributed by atoms with Gasteiger partial charge in [-0.2, -0.15) is 5.10 Å². The van der Waals surface area contributed by atoms with Crippen LogP contribution in [0.5, 0.6) is 5.75 Å². The molecule has 0 amide bonds. The molecule has 188 valence electrons. The molecule has 0 N–H and O–H groups in total. The molecule has 0 radical (unpaired) electrons. The summed E-state index contributed by atoms with van der Waals surface area (Å²) in [4.78, 5) is 6.49. The van der Waals surface area contributed by atoms with Crippen LogP contribution in [-0.2, 0) is 0 Å². The quantitative estimate of drug-likeness (QED) is 0.227. The van der Waals surface area contributed by atoms with Gasteiger partial charge in [0.2, 0.25) is 0 Å². The fourth-order valence-electron chi connectivity index (χ4n) is 3.76. The van der Waals surface area contributed by atoms with E-state index in [1.165, 1.54) is 40.8 Å². The maximum atomic E-state index is 12.3. The third-order valence-corrected chi connectivity index (χ3v) is 6.48. The van der Waals surface area contributed by atoms with Gasteiger partial charge >= 0.3 is 6.36 Å². The van der Waals surface area contributed by atoms with E-state index >= 15 is 0 Å². The second-order valence-corrected chi connectivity index (χ2v) is 9.15. The number of thioether (sulfide) groups is 1. The van der Waals surface area contributed by atoms with Crippen LogP contribution < -0.4 is 9.64 Å². The van der Waals surface area contributed by atoms with Crippen LogP contribution in [0.3, 0.4) is 0 Å². The first kappa shape index (κ1) is 24.6. The Morgan fingerprint density at radius 3 is 2.49 bits per heavy atom. The predicted molar refractivity (Wildman–Crippen MR) is 139 cm³/mol. The number of amidine groups is 1. The van der Waals surface area contributed by atoms with Gasteiger partial charge in [0.25, 0.3) is 0 Å². The van der Waals surface area contributed by atoms with Gasteiger partial charge in [-0.1, -0.05) is 54.2 Å². The highest BCUT2D eigenvalue weighted by molar-refractivity contribution is 8.14. The molecule has 3 aromatic carbocycles. The van der Waals surface area contributed by atoms with Crippen LogP contribution in [0.1, 0.15) is 11.1 Å². The predicted octanol–water partition coefficient (Wildman–Crippen LogP) is 6.08. The van der Waals surface area contributed by atoms with E-state index in [-0.39, 0.29) is 5.75 Å². The van der Waals surface area contributed by atoms with E-state index in [1.54, 1.807) is 18.0 Å². The normalized spacial score (nSPS) is 15.1. The van der Waals surface area contributed by atoms with Gasteiger partial charge in [-0.3, -0.25) is 0 Å². The van der Waals surface area contributed by atoms with Crippen molar-refractivity contribution in [3.63, 3.8) is 0 Å². The average Bonchev–Trinajstić information content (AvgIpc) is 3.55. The van der Waals surface area contributed by atoms with E-state index in [4.69, 9.17) is 0 Å². The van der Waals surface area contributed by atoms with Crippen molar-refractivity contribution < 1.29 is 17.9 Å². The second-order valence-electron chi connectivity index (χ2n) is 8.09. The standard InChI is InChI=1S/C26H21F3N6OS/c1-18-4-2-3-5-23(18)34-14-15-37-25(34)32-31-16-19-6-8-20(9-7-19)24-30-17-35(33-24)21-10-12-22(13-11-21)36-26(27,28)29/h2-13,16-17H,14-15H2,1H3. The topological polar surface area (TPSA) is 67.9 Å². The number of nitrogens with zero attached hydrogens (tertiary/aromatic N) is 6. The van der Waals surface area contributed by atoms with Gasteiger partial charge in [0.1, 0.15) is 12.1 Å². The molecule has 11 heteroatoms. The number of anilines is 1. The Balaban J connectivity index is 1.25. The Kier molecular flexibility index (Phi) is 6.95. The van der Waals surface area contributed by atoms with E-state index < -0.39 is 6.36 Å². The maximum Gasteiger partial charge on any atom is 0.573 e. The summed E-state index contributed by atoms with van der Waals surface area (Å²) in [6, 6.07) is 21.2. The Morgan fingerprint density at radius 2 is 1.76 bits per heavy atom. The first-order valence-electron chi connectivity index (χ1n) is 11.3. The summed E-state index contributed by atoms with van der Waals surface area (Å²) in [6.07, 6.45) is -1.54. The van der Waals surface area contributed by atoms with E-state index in [0.29, 0.717) is 11.5 Å². The summed E-state index contributed by atoms with van der Waals surface area (Å²) in [7, 11) is 0. The van der Waals surface area contributed by atoms with Crippen molar-refractivity contribution in [2.75, 3.05) is 17.2 Å². The maximum absolute atomic E-state index is 12.3. The zero-order valence-corrected chi connectivity index (χ0v) is 20.4. The first-order chi connectivity index (χ1) is 17.9. The minimum absolute atomic E-state index is 0.298. The van der Waals surface area contributed by atoms with Crippen LogP contribution in [-0.4, -0.2) is 44.8 Å². The number of alkyl halides is 3. The smallest absolute Gasteiger partial charge is 0.406 e. The summed E-state index contributed by atoms with van der Waals surface area (Å²) in [5.41, 5.74) is 4.55. The summed E-state index contributed by atoms with van der Waals surface area (Å²) >= 11 is 1.68. The van der Waals surface area contributed by atoms with Crippen molar-refractivity contribution in [3.8, 4) is 22.8 Å². The highest BCUT2D eigenvalue weighted by Crippen LogP contribution is 2.28. The Hall–Kier alpha value is -4.12. The van der Waals surface area contributed by atoms with Crippen LogP contribution in [0.2, 0.25) is 0 Å². The molecule has 0 unspecified atom stereocenters. The molecule has 0 aliphatic carbocycles. The van der Waals surface area contributed by atoms with E-state index in [2.05, 4.69) is 49.0 Å². The number of benzene rings is 3. The molecule has 0 atom stereocenters. The lowest BCUT2D eigenvalue weighted by Gasteiger charge is -2.19. The molecule has 37 heavy (non-hydrogen) atoms. The lowest BCUT2D eigenvalue weighted by atomic mass is 10.1. The molecular formula is C26H21F3N6OS. The van der Waals surface area contributed by atoms with E-state index in [1.807, 2.05) is 36.4 Å². The van der Waals surface area contributed by atoms with Gasteiger partial charge < -0.3 is 9.64 Å². The Bertz CT molecular complexity index is 1430.